The van der Waals surface area contributed by atoms with Crippen LogP contribution >= 0.6 is 11.6 Å². The SMILES string of the molecule is O=C1C2=C(c3ccccc31)N1C=CC=CC1=NC2c1ccc(Cl)cc1. The Bertz CT molecular complexity index is 1030. The van der Waals surface area contributed by atoms with Gasteiger partial charge in [-0.3, -0.25) is 9.79 Å². The summed E-state index contributed by atoms with van der Waals surface area (Å²) in [5, 5.41) is 0.671. The number of rotatable bonds is 1. The van der Waals surface area contributed by atoms with Crippen LogP contribution in [0.5, 0.6) is 0 Å². The summed E-state index contributed by atoms with van der Waals surface area (Å²) >= 11 is 6.03. The predicted molar refractivity (Wildman–Crippen MR) is 99.4 cm³/mol. The second-order valence-corrected chi connectivity index (χ2v) is 6.59. The van der Waals surface area contributed by atoms with Crippen LogP contribution in [-0.4, -0.2) is 16.5 Å². The van der Waals surface area contributed by atoms with E-state index in [9.17, 15) is 4.79 Å². The first-order valence-corrected chi connectivity index (χ1v) is 8.47. The van der Waals surface area contributed by atoms with Gasteiger partial charge in [0.2, 0.25) is 0 Å². The van der Waals surface area contributed by atoms with E-state index in [1.165, 1.54) is 0 Å². The lowest BCUT2D eigenvalue weighted by atomic mass is 9.94. The number of amidine groups is 1. The minimum absolute atomic E-state index is 0.0521. The third-order valence-corrected chi connectivity index (χ3v) is 4.98. The molecular weight excluding hydrogens is 332 g/mol. The summed E-state index contributed by atoms with van der Waals surface area (Å²) in [6.45, 7) is 0. The van der Waals surface area contributed by atoms with E-state index in [0.717, 1.165) is 33.8 Å². The Kier molecular flexibility index (Phi) is 3.06. The highest BCUT2D eigenvalue weighted by Crippen LogP contribution is 2.46. The average molecular weight is 345 g/mol. The van der Waals surface area contributed by atoms with Crippen LogP contribution in [0.4, 0.5) is 0 Å². The summed E-state index contributed by atoms with van der Waals surface area (Å²) in [4.78, 5) is 20.0. The Labute approximate surface area is 150 Å². The molecule has 0 bridgehead atoms. The van der Waals surface area contributed by atoms with Crippen molar-refractivity contribution in [3.63, 3.8) is 0 Å². The zero-order valence-corrected chi connectivity index (χ0v) is 13.9. The molecule has 4 heteroatoms. The number of hydrogen-bond donors (Lipinski definition) is 0. The number of hydrogen-bond acceptors (Lipinski definition) is 3. The summed E-state index contributed by atoms with van der Waals surface area (Å²) in [5.74, 6) is 0.891. The number of carbonyl (C=O) groups is 1. The third kappa shape index (κ3) is 2.06. The largest absolute Gasteiger partial charge is 0.301 e. The molecule has 1 atom stereocenters. The first kappa shape index (κ1) is 14.4. The molecule has 25 heavy (non-hydrogen) atoms. The molecule has 2 heterocycles. The van der Waals surface area contributed by atoms with Gasteiger partial charge in [0.15, 0.2) is 5.78 Å². The van der Waals surface area contributed by atoms with Crippen LogP contribution in [0.3, 0.4) is 0 Å². The highest BCUT2D eigenvalue weighted by atomic mass is 35.5. The summed E-state index contributed by atoms with van der Waals surface area (Å²) in [7, 11) is 0. The van der Waals surface area contributed by atoms with Crippen molar-refractivity contribution in [2.24, 2.45) is 4.99 Å². The molecule has 2 aromatic carbocycles. The highest BCUT2D eigenvalue weighted by molar-refractivity contribution is 6.30. The molecule has 0 N–H and O–H groups in total. The number of halogens is 1. The van der Waals surface area contributed by atoms with Crippen molar-refractivity contribution in [1.29, 1.82) is 0 Å². The Hall–Kier alpha value is -2.91. The number of benzene rings is 2. The van der Waals surface area contributed by atoms with Gasteiger partial charge in [-0.15, -0.1) is 0 Å². The quantitative estimate of drug-likeness (QED) is 0.745. The fourth-order valence-electron chi connectivity index (χ4n) is 3.61. The molecular formula is C21H13ClN2O. The minimum Gasteiger partial charge on any atom is -0.301 e. The number of ketones is 1. The number of Topliss-reactive ketones (excluding diaryl/α,β-unsaturated/α-hetero) is 1. The third-order valence-electron chi connectivity index (χ3n) is 4.73. The predicted octanol–water partition coefficient (Wildman–Crippen LogP) is 4.79. The first-order valence-electron chi connectivity index (χ1n) is 8.10. The number of allylic oxidation sites excluding steroid dienone is 2. The van der Waals surface area contributed by atoms with Crippen LogP contribution in [-0.2, 0) is 0 Å². The van der Waals surface area contributed by atoms with Crippen LogP contribution in [0, 0.1) is 0 Å². The van der Waals surface area contributed by atoms with Gasteiger partial charge in [-0.1, -0.05) is 54.1 Å². The van der Waals surface area contributed by atoms with Gasteiger partial charge in [0.25, 0.3) is 0 Å². The van der Waals surface area contributed by atoms with Crippen LogP contribution in [0.1, 0.15) is 27.5 Å². The van der Waals surface area contributed by atoms with Gasteiger partial charge in [-0.2, -0.15) is 0 Å². The summed E-state index contributed by atoms with van der Waals surface area (Å²) < 4.78 is 0. The van der Waals surface area contributed by atoms with Gasteiger partial charge in [-0.25, -0.2) is 0 Å². The molecule has 2 aromatic rings. The molecule has 0 spiro atoms. The molecule has 0 aromatic heterocycles. The van der Waals surface area contributed by atoms with Crippen molar-refractivity contribution in [1.82, 2.24) is 4.90 Å². The van der Waals surface area contributed by atoms with Gasteiger partial charge in [0.05, 0.1) is 11.3 Å². The van der Waals surface area contributed by atoms with E-state index in [2.05, 4.69) is 0 Å². The molecule has 0 amide bonds. The topological polar surface area (TPSA) is 32.7 Å². The smallest absolute Gasteiger partial charge is 0.194 e. The van der Waals surface area contributed by atoms with Gasteiger partial charge < -0.3 is 4.90 Å². The van der Waals surface area contributed by atoms with Crippen molar-refractivity contribution in [3.05, 3.63) is 100 Å². The van der Waals surface area contributed by atoms with Gasteiger partial charge in [0, 0.05) is 22.3 Å². The van der Waals surface area contributed by atoms with Crippen LogP contribution < -0.4 is 0 Å². The van der Waals surface area contributed by atoms with Crippen molar-refractivity contribution in [2.75, 3.05) is 0 Å². The van der Waals surface area contributed by atoms with Crippen LogP contribution in [0.15, 0.2) is 83.5 Å². The number of fused-ring (bicyclic) bond motifs is 4. The Morgan fingerprint density at radius 1 is 0.960 bits per heavy atom. The molecule has 0 saturated heterocycles. The number of nitrogens with zero attached hydrogens (tertiary/aromatic N) is 2. The highest BCUT2D eigenvalue weighted by Gasteiger charge is 2.40. The molecule has 120 valence electrons. The zero-order chi connectivity index (χ0) is 17.0. The van der Waals surface area contributed by atoms with E-state index in [1.807, 2.05) is 77.9 Å². The standard InChI is InChI=1S/C21H13ClN2O/c22-14-10-8-13(9-11-14)19-18-20(24-12-4-3-7-17(24)23-19)15-5-1-2-6-16(15)21(18)25/h1-12,19H. The lowest BCUT2D eigenvalue weighted by Gasteiger charge is -2.32. The molecule has 3 nitrogen and oxygen atoms in total. The lowest BCUT2D eigenvalue weighted by molar-refractivity contribution is 0.103. The normalized spacial score (nSPS) is 20.4. The summed E-state index contributed by atoms with van der Waals surface area (Å²) in [6.07, 6.45) is 7.85. The van der Waals surface area contributed by atoms with E-state index in [0.29, 0.717) is 5.02 Å². The lowest BCUT2D eigenvalue weighted by Crippen LogP contribution is -2.30. The maximum Gasteiger partial charge on any atom is 0.194 e. The maximum absolute atomic E-state index is 13.1. The Morgan fingerprint density at radius 3 is 2.52 bits per heavy atom. The van der Waals surface area contributed by atoms with Gasteiger partial charge in [0.1, 0.15) is 11.9 Å². The van der Waals surface area contributed by atoms with Crippen molar-refractivity contribution < 1.29 is 4.79 Å². The molecule has 1 unspecified atom stereocenters. The minimum atomic E-state index is -0.324. The van der Waals surface area contributed by atoms with Crippen molar-refractivity contribution in [3.8, 4) is 0 Å². The molecule has 0 fully saturated rings. The molecule has 2 aliphatic heterocycles. The Morgan fingerprint density at radius 2 is 1.72 bits per heavy atom. The van der Waals surface area contributed by atoms with E-state index >= 15 is 0 Å². The zero-order valence-electron chi connectivity index (χ0n) is 13.2. The number of aliphatic imine (C=N–C) groups is 1. The van der Waals surface area contributed by atoms with E-state index < -0.39 is 0 Å². The fourth-order valence-corrected chi connectivity index (χ4v) is 3.74. The van der Waals surface area contributed by atoms with Crippen LogP contribution in [0.2, 0.25) is 5.02 Å². The fraction of sp³-hybridized carbons (Fsp3) is 0.0476. The van der Waals surface area contributed by atoms with Crippen molar-refractivity contribution in [2.45, 2.75) is 6.04 Å². The monoisotopic (exact) mass is 344 g/mol. The molecule has 0 saturated carbocycles. The molecule has 3 aliphatic rings. The van der Waals surface area contributed by atoms with E-state index in [-0.39, 0.29) is 11.8 Å². The van der Waals surface area contributed by atoms with Crippen molar-refractivity contribution >= 4 is 28.9 Å². The summed E-state index contributed by atoms with van der Waals surface area (Å²) in [5.41, 5.74) is 4.34. The van der Waals surface area contributed by atoms with Gasteiger partial charge >= 0.3 is 0 Å². The molecule has 5 rings (SSSR count). The molecule has 1 aliphatic carbocycles. The summed E-state index contributed by atoms with van der Waals surface area (Å²) in [6, 6.07) is 15.0. The van der Waals surface area contributed by atoms with E-state index in [1.54, 1.807) is 0 Å². The average Bonchev–Trinajstić information content (AvgIpc) is 2.96. The first-order chi connectivity index (χ1) is 12.2. The second kappa shape index (κ2) is 5.30. The maximum atomic E-state index is 13.1. The molecule has 0 radical (unpaired) electrons. The Balaban J connectivity index is 1.75. The van der Waals surface area contributed by atoms with E-state index in [4.69, 9.17) is 16.6 Å². The van der Waals surface area contributed by atoms with Crippen LogP contribution in [0.25, 0.3) is 5.70 Å². The second-order valence-electron chi connectivity index (χ2n) is 6.15. The number of carbonyl (C=O) groups excluding carboxylic acids is 1. The van der Waals surface area contributed by atoms with Gasteiger partial charge in [-0.05, 0) is 29.8 Å².